The van der Waals surface area contributed by atoms with Gasteiger partial charge in [0.1, 0.15) is 5.82 Å². The standard InChI is InChI=1S/C17H21FN6O2S.HI/c1-27(25,26)14-3-4-15(18)13(11-14)12-22-16(19)23-7-9-24(10-8-23)17-20-5-2-6-21-17;/h2-6,11H,7-10,12H2,1H3,(H2,19,22);1H. The molecule has 0 unspecified atom stereocenters. The van der Waals surface area contributed by atoms with Gasteiger partial charge in [-0.15, -0.1) is 24.0 Å². The van der Waals surface area contributed by atoms with Crippen molar-refractivity contribution in [2.45, 2.75) is 11.4 Å². The Morgan fingerprint density at radius 3 is 2.46 bits per heavy atom. The maximum atomic E-state index is 14.0. The number of aliphatic imine (C=N–C) groups is 1. The molecule has 1 aromatic heterocycles. The third-order valence-corrected chi connectivity index (χ3v) is 5.41. The van der Waals surface area contributed by atoms with E-state index in [9.17, 15) is 12.8 Å². The number of rotatable bonds is 4. The lowest BCUT2D eigenvalue weighted by atomic mass is 10.2. The largest absolute Gasteiger partial charge is 0.370 e. The second-order valence-electron chi connectivity index (χ2n) is 6.22. The predicted molar refractivity (Wildman–Crippen MR) is 116 cm³/mol. The topological polar surface area (TPSA) is 105 Å². The van der Waals surface area contributed by atoms with Gasteiger partial charge in [-0.05, 0) is 24.3 Å². The summed E-state index contributed by atoms with van der Waals surface area (Å²) < 4.78 is 37.2. The molecule has 0 bridgehead atoms. The van der Waals surface area contributed by atoms with Crippen molar-refractivity contribution in [2.75, 3.05) is 37.3 Å². The highest BCUT2D eigenvalue weighted by molar-refractivity contribution is 14.0. The van der Waals surface area contributed by atoms with Crippen molar-refractivity contribution < 1.29 is 12.8 Å². The lowest BCUT2D eigenvalue weighted by molar-refractivity contribution is 0.378. The molecule has 1 aliphatic heterocycles. The highest BCUT2D eigenvalue weighted by Crippen LogP contribution is 2.16. The third kappa shape index (κ3) is 5.50. The molecule has 0 aliphatic carbocycles. The SMILES string of the molecule is CS(=O)(=O)c1ccc(F)c(CN=C(N)N2CCN(c3ncccn3)CC2)c1.I. The summed E-state index contributed by atoms with van der Waals surface area (Å²) in [5.74, 6) is 0.463. The normalized spacial score (nSPS) is 15.3. The van der Waals surface area contributed by atoms with Crippen LogP contribution in [-0.2, 0) is 16.4 Å². The van der Waals surface area contributed by atoms with Crippen molar-refractivity contribution in [3.8, 4) is 0 Å². The Labute approximate surface area is 180 Å². The van der Waals surface area contributed by atoms with Gasteiger partial charge in [0, 0.05) is 50.4 Å². The summed E-state index contributed by atoms with van der Waals surface area (Å²) in [7, 11) is -3.41. The Bertz CT molecular complexity index is 934. The molecule has 0 atom stereocenters. The minimum Gasteiger partial charge on any atom is -0.370 e. The van der Waals surface area contributed by atoms with Crippen molar-refractivity contribution in [3.63, 3.8) is 0 Å². The molecule has 1 fully saturated rings. The molecular weight excluding hydrogens is 498 g/mol. The van der Waals surface area contributed by atoms with Gasteiger partial charge in [0.2, 0.25) is 5.95 Å². The molecular formula is C17H22FIN6O2S. The van der Waals surface area contributed by atoms with Crippen LogP contribution < -0.4 is 10.6 Å². The summed E-state index contributed by atoms with van der Waals surface area (Å²) in [5, 5.41) is 0. The number of guanidine groups is 1. The molecule has 11 heteroatoms. The second kappa shape index (κ2) is 9.45. The maximum Gasteiger partial charge on any atom is 0.225 e. The first-order chi connectivity index (χ1) is 12.8. The molecule has 152 valence electrons. The molecule has 2 aromatic rings. The Balaban J connectivity index is 0.00000280. The fourth-order valence-corrected chi connectivity index (χ4v) is 3.43. The molecule has 2 N–H and O–H groups in total. The summed E-state index contributed by atoms with van der Waals surface area (Å²) in [6, 6.07) is 5.44. The fraction of sp³-hybridized carbons (Fsp3) is 0.353. The van der Waals surface area contributed by atoms with E-state index in [-0.39, 0.29) is 41.0 Å². The van der Waals surface area contributed by atoms with Crippen LogP contribution in [0, 0.1) is 5.82 Å². The molecule has 0 amide bonds. The Kier molecular flexibility index (Phi) is 7.52. The lowest BCUT2D eigenvalue weighted by Crippen LogP contribution is -2.51. The molecule has 2 heterocycles. The number of hydrogen-bond acceptors (Lipinski definition) is 6. The van der Waals surface area contributed by atoms with Crippen molar-refractivity contribution in [1.82, 2.24) is 14.9 Å². The van der Waals surface area contributed by atoms with Gasteiger partial charge in [-0.3, -0.25) is 0 Å². The second-order valence-corrected chi connectivity index (χ2v) is 8.24. The van der Waals surface area contributed by atoms with Crippen LogP contribution >= 0.6 is 24.0 Å². The summed E-state index contributed by atoms with van der Waals surface area (Å²) in [4.78, 5) is 16.7. The summed E-state index contributed by atoms with van der Waals surface area (Å²) in [5.41, 5.74) is 6.23. The quantitative estimate of drug-likeness (QED) is 0.280. The van der Waals surface area contributed by atoms with Gasteiger partial charge < -0.3 is 15.5 Å². The van der Waals surface area contributed by atoms with Crippen LogP contribution in [-0.4, -0.2) is 61.7 Å². The molecule has 8 nitrogen and oxygen atoms in total. The zero-order valence-electron chi connectivity index (χ0n) is 15.3. The van der Waals surface area contributed by atoms with E-state index >= 15 is 0 Å². The number of hydrogen-bond donors (Lipinski definition) is 1. The number of benzene rings is 1. The van der Waals surface area contributed by atoms with Crippen LogP contribution in [0.2, 0.25) is 0 Å². The highest BCUT2D eigenvalue weighted by atomic mass is 127. The van der Waals surface area contributed by atoms with E-state index in [0.717, 1.165) is 12.3 Å². The summed E-state index contributed by atoms with van der Waals surface area (Å²) >= 11 is 0. The first-order valence-electron chi connectivity index (χ1n) is 8.40. The molecule has 1 saturated heterocycles. The predicted octanol–water partition coefficient (Wildman–Crippen LogP) is 1.27. The minimum atomic E-state index is -3.41. The van der Waals surface area contributed by atoms with Crippen LogP contribution in [0.3, 0.4) is 0 Å². The third-order valence-electron chi connectivity index (χ3n) is 4.30. The Hall–Kier alpha value is -2.02. The highest BCUT2D eigenvalue weighted by Gasteiger charge is 2.20. The van der Waals surface area contributed by atoms with Gasteiger partial charge in [-0.1, -0.05) is 0 Å². The van der Waals surface area contributed by atoms with Gasteiger partial charge in [0.05, 0.1) is 11.4 Å². The summed E-state index contributed by atoms with van der Waals surface area (Å²) in [6.07, 6.45) is 4.48. The fourth-order valence-electron chi connectivity index (χ4n) is 2.76. The number of nitrogens with zero attached hydrogens (tertiary/aromatic N) is 5. The average Bonchev–Trinajstić information content (AvgIpc) is 2.67. The van der Waals surface area contributed by atoms with E-state index in [1.54, 1.807) is 18.5 Å². The number of anilines is 1. The minimum absolute atomic E-state index is 0. The number of aromatic nitrogens is 2. The maximum absolute atomic E-state index is 14.0. The van der Waals surface area contributed by atoms with Crippen LogP contribution in [0.25, 0.3) is 0 Å². The molecule has 28 heavy (non-hydrogen) atoms. The smallest absolute Gasteiger partial charge is 0.225 e. The van der Waals surface area contributed by atoms with Crippen LogP contribution in [0.1, 0.15) is 5.56 Å². The number of piperazine rings is 1. The molecule has 1 aromatic carbocycles. The molecule has 0 spiro atoms. The van der Waals surface area contributed by atoms with E-state index in [1.165, 1.54) is 12.1 Å². The zero-order chi connectivity index (χ0) is 19.4. The van der Waals surface area contributed by atoms with E-state index in [4.69, 9.17) is 5.73 Å². The van der Waals surface area contributed by atoms with E-state index in [2.05, 4.69) is 19.9 Å². The van der Waals surface area contributed by atoms with Crippen LogP contribution in [0.15, 0.2) is 46.5 Å². The van der Waals surface area contributed by atoms with Crippen molar-refractivity contribution in [1.29, 1.82) is 0 Å². The first kappa shape index (κ1) is 22.3. The van der Waals surface area contributed by atoms with Gasteiger partial charge in [0.15, 0.2) is 15.8 Å². The number of sulfone groups is 1. The summed E-state index contributed by atoms with van der Waals surface area (Å²) in [6.45, 7) is 2.64. The number of halogens is 2. The Morgan fingerprint density at radius 1 is 1.21 bits per heavy atom. The Morgan fingerprint density at radius 2 is 1.86 bits per heavy atom. The van der Waals surface area contributed by atoms with E-state index in [1.807, 2.05) is 4.90 Å². The van der Waals surface area contributed by atoms with Crippen LogP contribution in [0.4, 0.5) is 10.3 Å². The first-order valence-corrected chi connectivity index (χ1v) is 10.3. The van der Waals surface area contributed by atoms with Crippen molar-refractivity contribution in [2.24, 2.45) is 10.7 Å². The molecule has 0 radical (unpaired) electrons. The average molecular weight is 520 g/mol. The van der Waals surface area contributed by atoms with Crippen LogP contribution in [0.5, 0.6) is 0 Å². The monoisotopic (exact) mass is 520 g/mol. The molecule has 1 aliphatic rings. The number of nitrogens with two attached hydrogens (primary N) is 1. The zero-order valence-corrected chi connectivity index (χ0v) is 18.5. The molecule has 0 saturated carbocycles. The van der Waals surface area contributed by atoms with Crippen molar-refractivity contribution in [3.05, 3.63) is 48.0 Å². The van der Waals surface area contributed by atoms with E-state index < -0.39 is 15.7 Å². The van der Waals surface area contributed by atoms with Gasteiger partial charge in [-0.25, -0.2) is 27.8 Å². The molecule has 3 rings (SSSR count). The van der Waals surface area contributed by atoms with Crippen molar-refractivity contribution >= 4 is 45.7 Å². The van der Waals surface area contributed by atoms with Gasteiger partial charge in [0.25, 0.3) is 0 Å². The lowest BCUT2D eigenvalue weighted by Gasteiger charge is -2.35. The van der Waals surface area contributed by atoms with Gasteiger partial charge in [-0.2, -0.15) is 0 Å². The van der Waals surface area contributed by atoms with E-state index in [0.29, 0.717) is 38.1 Å². The van der Waals surface area contributed by atoms with Gasteiger partial charge >= 0.3 is 0 Å².